The first-order valence-electron chi connectivity index (χ1n) is 7.69. The van der Waals surface area contributed by atoms with Gasteiger partial charge in [0, 0.05) is 25.9 Å². The quantitative estimate of drug-likeness (QED) is 0.541. The van der Waals surface area contributed by atoms with E-state index < -0.39 is 18.4 Å². The Labute approximate surface area is 143 Å². The fourth-order valence-electron chi connectivity index (χ4n) is 2.90. The van der Waals surface area contributed by atoms with Crippen LogP contribution in [0, 0.1) is 0 Å². The molecule has 1 aromatic rings. The third-order valence-corrected chi connectivity index (χ3v) is 4.16. The summed E-state index contributed by atoms with van der Waals surface area (Å²) >= 11 is 0. The van der Waals surface area contributed by atoms with Crippen LogP contribution in [0.2, 0.25) is 0 Å². The molecule has 10 nitrogen and oxygen atoms in total. The number of pyridine rings is 1. The molecule has 1 aromatic heterocycles. The van der Waals surface area contributed by atoms with Gasteiger partial charge < -0.3 is 23.8 Å². The van der Waals surface area contributed by atoms with Crippen LogP contribution in [-0.4, -0.2) is 68.0 Å². The average molecular weight is 353 g/mol. The van der Waals surface area contributed by atoms with Crippen molar-refractivity contribution >= 4 is 12.1 Å². The SMILES string of the molecule is COC(=O)OCOc1c2n(ccc1=O)N(C)[C@@H]1CO[C@@H](C)CN1C2=O. The minimum atomic E-state index is -0.949. The van der Waals surface area contributed by atoms with E-state index in [1.54, 1.807) is 17.0 Å². The molecule has 0 N–H and O–H groups in total. The fourth-order valence-corrected chi connectivity index (χ4v) is 2.90. The Bertz CT molecular complexity index is 747. The molecule has 2 aliphatic rings. The van der Waals surface area contributed by atoms with Gasteiger partial charge in [-0.05, 0) is 6.92 Å². The van der Waals surface area contributed by atoms with E-state index in [9.17, 15) is 14.4 Å². The van der Waals surface area contributed by atoms with Gasteiger partial charge >= 0.3 is 6.16 Å². The Kier molecular flexibility index (Phi) is 4.53. The molecule has 136 valence electrons. The Balaban J connectivity index is 1.95. The van der Waals surface area contributed by atoms with Gasteiger partial charge in [0.05, 0.1) is 19.8 Å². The standard InChI is InChI=1S/C15H19N3O7/c1-9-6-17-11(7-23-9)16(2)18-5-4-10(19)13(12(18)14(17)20)24-8-25-15(21)22-3/h4-5,9,11H,6-8H2,1-3H3/t9-,11-/m0/s1. The monoisotopic (exact) mass is 353 g/mol. The molecule has 0 radical (unpaired) electrons. The van der Waals surface area contributed by atoms with E-state index in [-0.39, 0.29) is 29.6 Å². The number of amides is 1. The van der Waals surface area contributed by atoms with Crippen molar-refractivity contribution in [2.75, 3.05) is 39.1 Å². The molecule has 0 aliphatic carbocycles. The number of hydrogen-bond donors (Lipinski definition) is 0. The van der Waals surface area contributed by atoms with Crippen molar-refractivity contribution in [2.24, 2.45) is 0 Å². The van der Waals surface area contributed by atoms with Gasteiger partial charge in [-0.3, -0.25) is 19.3 Å². The molecule has 0 saturated carbocycles. The van der Waals surface area contributed by atoms with E-state index in [0.29, 0.717) is 13.2 Å². The van der Waals surface area contributed by atoms with E-state index in [1.165, 1.54) is 16.9 Å². The van der Waals surface area contributed by atoms with Crippen molar-refractivity contribution in [1.29, 1.82) is 0 Å². The zero-order chi connectivity index (χ0) is 18.1. The number of carbonyl (C=O) groups is 2. The summed E-state index contributed by atoms with van der Waals surface area (Å²) in [6, 6.07) is 1.28. The lowest BCUT2D eigenvalue weighted by atomic mass is 10.2. The molecule has 1 saturated heterocycles. The van der Waals surface area contributed by atoms with Crippen LogP contribution in [0.4, 0.5) is 4.79 Å². The maximum Gasteiger partial charge on any atom is 0.510 e. The summed E-state index contributed by atoms with van der Waals surface area (Å²) in [7, 11) is 2.94. The van der Waals surface area contributed by atoms with Gasteiger partial charge in [-0.2, -0.15) is 0 Å². The predicted octanol–water partition coefficient (Wildman–Crippen LogP) is -0.264. The maximum atomic E-state index is 12.9. The van der Waals surface area contributed by atoms with Gasteiger partial charge in [0.15, 0.2) is 5.69 Å². The topological polar surface area (TPSA) is 99.5 Å². The highest BCUT2D eigenvalue weighted by Crippen LogP contribution is 2.26. The molecular weight excluding hydrogens is 334 g/mol. The molecule has 0 bridgehead atoms. The molecule has 1 fully saturated rings. The molecule has 10 heteroatoms. The van der Waals surface area contributed by atoms with Crippen molar-refractivity contribution in [3.63, 3.8) is 0 Å². The molecule has 3 rings (SSSR count). The van der Waals surface area contributed by atoms with Crippen molar-refractivity contribution in [3.05, 3.63) is 28.2 Å². The van der Waals surface area contributed by atoms with Crippen molar-refractivity contribution < 1.29 is 28.5 Å². The summed E-state index contributed by atoms with van der Waals surface area (Å²) in [5, 5.41) is 1.79. The van der Waals surface area contributed by atoms with Crippen LogP contribution in [0.15, 0.2) is 17.1 Å². The number of fused-ring (bicyclic) bond motifs is 2. The molecule has 3 heterocycles. The highest BCUT2D eigenvalue weighted by atomic mass is 16.8. The summed E-state index contributed by atoms with van der Waals surface area (Å²) in [6.07, 6.45) is 0.162. The smallest absolute Gasteiger partial charge is 0.451 e. The Morgan fingerprint density at radius 2 is 2.16 bits per heavy atom. The average Bonchev–Trinajstić information content (AvgIpc) is 2.60. The number of rotatable bonds is 3. The van der Waals surface area contributed by atoms with Gasteiger partial charge in [-0.1, -0.05) is 0 Å². The zero-order valence-electron chi connectivity index (χ0n) is 14.1. The molecule has 0 spiro atoms. The van der Waals surface area contributed by atoms with Gasteiger partial charge in [0.25, 0.3) is 5.91 Å². The number of ether oxygens (including phenoxy) is 4. The van der Waals surface area contributed by atoms with Gasteiger partial charge in [-0.15, -0.1) is 0 Å². The van der Waals surface area contributed by atoms with Crippen LogP contribution >= 0.6 is 0 Å². The normalized spacial score (nSPS) is 22.1. The Hall–Kier alpha value is -2.75. The van der Waals surface area contributed by atoms with Gasteiger partial charge in [0.1, 0.15) is 6.17 Å². The van der Waals surface area contributed by atoms with Crippen molar-refractivity contribution in [2.45, 2.75) is 19.2 Å². The van der Waals surface area contributed by atoms with E-state index in [1.807, 2.05) is 6.92 Å². The van der Waals surface area contributed by atoms with Crippen molar-refractivity contribution in [1.82, 2.24) is 9.58 Å². The minimum Gasteiger partial charge on any atom is -0.451 e. The second-order valence-electron chi connectivity index (χ2n) is 5.72. The van der Waals surface area contributed by atoms with Gasteiger partial charge in [0.2, 0.25) is 18.0 Å². The zero-order valence-corrected chi connectivity index (χ0v) is 14.1. The number of likely N-dealkylation sites (N-methyl/N-ethyl adjacent to an activating group) is 1. The first-order chi connectivity index (χ1) is 11.9. The number of nitrogens with zero attached hydrogens (tertiary/aromatic N) is 3. The number of hydrogen-bond acceptors (Lipinski definition) is 8. The largest absolute Gasteiger partial charge is 0.510 e. The summed E-state index contributed by atoms with van der Waals surface area (Å²) in [5.74, 6) is -0.523. The third-order valence-electron chi connectivity index (χ3n) is 4.16. The van der Waals surface area contributed by atoms with Crippen LogP contribution in [0.1, 0.15) is 17.4 Å². The number of carbonyl (C=O) groups excluding carboxylic acids is 2. The summed E-state index contributed by atoms with van der Waals surface area (Å²) in [5.41, 5.74) is -0.407. The molecular formula is C15H19N3O7. The summed E-state index contributed by atoms with van der Waals surface area (Å²) in [6.45, 7) is 2.09. The van der Waals surface area contributed by atoms with E-state index in [4.69, 9.17) is 9.47 Å². The van der Waals surface area contributed by atoms with Crippen LogP contribution in [-0.2, 0) is 14.2 Å². The molecule has 2 aliphatic heterocycles. The highest BCUT2D eigenvalue weighted by Gasteiger charge is 2.41. The minimum absolute atomic E-state index is 0.0776. The Morgan fingerprint density at radius 3 is 2.88 bits per heavy atom. The number of morpholine rings is 1. The third kappa shape index (κ3) is 3.00. The van der Waals surface area contributed by atoms with Crippen LogP contribution in [0.25, 0.3) is 0 Å². The maximum absolute atomic E-state index is 12.9. The van der Waals surface area contributed by atoms with Crippen LogP contribution in [0.3, 0.4) is 0 Å². The summed E-state index contributed by atoms with van der Waals surface area (Å²) < 4.78 is 21.4. The molecule has 0 aromatic carbocycles. The molecule has 2 atom stereocenters. The molecule has 0 unspecified atom stereocenters. The molecule has 1 amide bonds. The molecule has 25 heavy (non-hydrogen) atoms. The first-order valence-corrected chi connectivity index (χ1v) is 7.69. The van der Waals surface area contributed by atoms with Crippen molar-refractivity contribution in [3.8, 4) is 5.75 Å². The fraction of sp³-hybridized carbons (Fsp3) is 0.533. The predicted molar refractivity (Wildman–Crippen MR) is 84.1 cm³/mol. The Morgan fingerprint density at radius 1 is 1.40 bits per heavy atom. The van der Waals surface area contributed by atoms with E-state index in [0.717, 1.165) is 7.11 Å². The van der Waals surface area contributed by atoms with E-state index in [2.05, 4.69) is 9.47 Å². The lowest BCUT2D eigenvalue weighted by molar-refractivity contribution is -0.0540. The van der Waals surface area contributed by atoms with Crippen LogP contribution < -0.4 is 15.2 Å². The lowest BCUT2D eigenvalue weighted by Gasteiger charge is -2.48. The van der Waals surface area contributed by atoms with Gasteiger partial charge in [-0.25, -0.2) is 4.79 Å². The highest BCUT2D eigenvalue weighted by molar-refractivity contribution is 5.96. The second-order valence-corrected chi connectivity index (χ2v) is 5.72. The van der Waals surface area contributed by atoms with E-state index >= 15 is 0 Å². The number of methoxy groups -OCH3 is 1. The lowest BCUT2D eigenvalue weighted by Crippen LogP contribution is -2.65. The summed E-state index contributed by atoms with van der Waals surface area (Å²) in [4.78, 5) is 37.8. The second kappa shape index (κ2) is 6.63. The number of aromatic nitrogens is 1. The first kappa shape index (κ1) is 17.1. The van der Waals surface area contributed by atoms with Crippen LogP contribution in [0.5, 0.6) is 5.75 Å².